The van der Waals surface area contributed by atoms with Crippen molar-refractivity contribution in [2.24, 2.45) is 5.41 Å². The number of hydrogen-bond donors (Lipinski definition) is 0. The molecule has 0 aliphatic heterocycles. The summed E-state index contributed by atoms with van der Waals surface area (Å²) in [7, 11) is 0. The van der Waals surface area contributed by atoms with Gasteiger partial charge in [0.05, 0.1) is 0 Å². The van der Waals surface area contributed by atoms with Gasteiger partial charge in [0.15, 0.2) is 0 Å². The average Bonchev–Trinajstić information content (AvgIpc) is 2.29. The zero-order chi connectivity index (χ0) is 11.3. The van der Waals surface area contributed by atoms with Gasteiger partial charge in [-0.3, -0.25) is 0 Å². The van der Waals surface area contributed by atoms with E-state index in [1.54, 1.807) is 0 Å². The van der Waals surface area contributed by atoms with Gasteiger partial charge in [0.1, 0.15) is 6.29 Å². The third kappa shape index (κ3) is 2.56. The molecule has 0 aromatic heterocycles. The molecule has 1 aromatic carbocycles. The normalized spacial score (nSPS) is 14.3. The first kappa shape index (κ1) is 11.7. The molecule has 0 saturated carbocycles. The smallest absolute Gasteiger partial charge is 0.130 e. The van der Waals surface area contributed by atoms with Crippen molar-refractivity contribution >= 4 is 11.9 Å². The molecular formula is C14H18O. The van der Waals surface area contributed by atoms with Gasteiger partial charge >= 0.3 is 0 Å². The minimum absolute atomic E-state index is 0.421. The van der Waals surface area contributed by atoms with Crippen LogP contribution in [0.5, 0.6) is 0 Å². The molecule has 1 heteroatoms. The first-order valence-corrected chi connectivity index (χ1v) is 5.35. The summed E-state index contributed by atoms with van der Waals surface area (Å²) in [5.74, 6) is 0. The zero-order valence-corrected chi connectivity index (χ0v) is 9.49. The van der Waals surface area contributed by atoms with E-state index in [0.717, 1.165) is 30.3 Å². The van der Waals surface area contributed by atoms with E-state index in [1.807, 2.05) is 37.3 Å². The Morgan fingerprint density at radius 2 is 2.00 bits per heavy atom. The molecule has 0 heterocycles. The van der Waals surface area contributed by atoms with Crippen molar-refractivity contribution in [3.05, 3.63) is 42.5 Å². The highest BCUT2D eigenvalue weighted by Crippen LogP contribution is 2.35. The second-order valence-corrected chi connectivity index (χ2v) is 4.13. The molecule has 1 atom stereocenters. The predicted molar refractivity (Wildman–Crippen MR) is 64.6 cm³/mol. The van der Waals surface area contributed by atoms with Crippen molar-refractivity contribution in [3.63, 3.8) is 0 Å². The SMILES string of the molecule is C=C(c1ccccc1)C(C)(C=O)CCC. The third-order valence-corrected chi connectivity index (χ3v) is 2.84. The van der Waals surface area contributed by atoms with Crippen molar-refractivity contribution in [1.82, 2.24) is 0 Å². The van der Waals surface area contributed by atoms with Gasteiger partial charge in [-0.25, -0.2) is 0 Å². The third-order valence-electron chi connectivity index (χ3n) is 2.84. The van der Waals surface area contributed by atoms with Gasteiger partial charge in [-0.1, -0.05) is 50.3 Å². The quantitative estimate of drug-likeness (QED) is 0.665. The van der Waals surface area contributed by atoms with Crippen LogP contribution in [0.25, 0.3) is 5.57 Å². The molecule has 0 radical (unpaired) electrons. The lowest BCUT2D eigenvalue weighted by atomic mass is 9.77. The van der Waals surface area contributed by atoms with Crippen LogP contribution in [-0.2, 0) is 4.79 Å². The molecule has 80 valence electrons. The van der Waals surface area contributed by atoms with E-state index >= 15 is 0 Å². The molecule has 0 aliphatic rings. The molecule has 1 unspecified atom stereocenters. The average molecular weight is 202 g/mol. The minimum Gasteiger partial charge on any atom is -0.302 e. The van der Waals surface area contributed by atoms with E-state index in [2.05, 4.69) is 13.5 Å². The summed E-state index contributed by atoms with van der Waals surface area (Å²) in [5, 5.41) is 0. The molecule has 0 fully saturated rings. The Kier molecular flexibility index (Phi) is 3.84. The van der Waals surface area contributed by atoms with E-state index in [1.165, 1.54) is 0 Å². The Hall–Kier alpha value is -1.37. The van der Waals surface area contributed by atoms with Gasteiger partial charge in [-0.2, -0.15) is 0 Å². The van der Waals surface area contributed by atoms with E-state index in [0.29, 0.717) is 0 Å². The number of allylic oxidation sites excluding steroid dienone is 1. The Bertz CT molecular complexity index is 340. The molecular weight excluding hydrogens is 184 g/mol. The Morgan fingerprint density at radius 3 is 2.47 bits per heavy atom. The standard InChI is InChI=1S/C14H18O/c1-4-10-14(3,11-15)12(2)13-8-6-5-7-9-13/h5-9,11H,2,4,10H2,1,3H3. The van der Waals surface area contributed by atoms with Crippen molar-refractivity contribution in [2.75, 3.05) is 0 Å². The first-order valence-electron chi connectivity index (χ1n) is 5.35. The number of rotatable bonds is 5. The Morgan fingerprint density at radius 1 is 1.40 bits per heavy atom. The minimum atomic E-state index is -0.421. The number of hydrogen-bond acceptors (Lipinski definition) is 1. The van der Waals surface area contributed by atoms with Gasteiger partial charge in [0.2, 0.25) is 0 Å². The Labute approximate surface area is 91.8 Å². The van der Waals surface area contributed by atoms with Gasteiger partial charge in [-0.15, -0.1) is 0 Å². The van der Waals surface area contributed by atoms with Gasteiger partial charge in [0.25, 0.3) is 0 Å². The highest BCUT2D eigenvalue weighted by molar-refractivity contribution is 5.83. The number of carbonyl (C=O) groups is 1. The second-order valence-electron chi connectivity index (χ2n) is 4.13. The zero-order valence-electron chi connectivity index (χ0n) is 9.49. The monoisotopic (exact) mass is 202 g/mol. The molecule has 0 bridgehead atoms. The fourth-order valence-corrected chi connectivity index (χ4v) is 1.77. The largest absolute Gasteiger partial charge is 0.302 e. The fraction of sp³-hybridized carbons (Fsp3) is 0.357. The van der Waals surface area contributed by atoms with Gasteiger partial charge in [-0.05, 0) is 24.5 Å². The topological polar surface area (TPSA) is 17.1 Å². The molecule has 15 heavy (non-hydrogen) atoms. The van der Waals surface area contributed by atoms with Crippen LogP contribution >= 0.6 is 0 Å². The predicted octanol–water partition coefficient (Wildman–Crippen LogP) is 3.71. The first-order chi connectivity index (χ1) is 7.14. The lowest BCUT2D eigenvalue weighted by molar-refractivity contribution is -0.113. The number of aldehydes is 1. The lowest BCUT2D eigenvalue weighted by Crippen LogP contribution is -2.19. The molecule has 0 N–H and O–H groups in total. The Balaban J connectivity index is 2.97. The van der Waals surface area contributed by atoms with Crippen LogP contribution in [0.2, 0.25) is 0 Å². The summed E-state index contributed by atoms with van der Waals surface area (Å²) < 4.78 is 0. The van der Waals surface area contributed by atoms with Crippen LogP contribution in [-0.4, -0.2) is 6.29 Å². The van der Waals surface area contributed by atoms with E-state index in [-0.39, 0.29) is 0 Å². The van der Waals surface area contributed by atoms with Crippen LogP contribution in [0.1, 0.15) is 32.3 Å². The summed E-state index contributed by atoms with van der Waals surface area (Å²) in [5.41, 5.74) is 1.55. The van der Waals surface area contributed by atoms with E-state index in [4.69, 9.17) is 0 Å². The summed E-state index contributed by atoms with van der Waals surface area (Å²) >= 11 is 0. The van der Waals surface area contributed by atoms with Crippen LogP contribution < -0.4 is 0 Å². The molecule has 0 amide bonds. The summed E-state index contributed by atoms with van der Waals surface area (Å²) in [6.45, 7) is 8.10. The number of benzene rings is 1. The summed E-state index contributed by atoms with van der Waals surface area (Å²) in [6, 6.07) is 9.91. The summed E-state index contributed by atoms with van der Waals surface area (Å²) in [6.07, 6.45) is 2.86. The fourth-order valence-electron chi connectivity index (χ4n) is 1.77. The lowest BCUT2D eigenvalue weighted by Gasteiger charge is -2.25. The van der Waals surface area contributed by atoms with Crippen molar-refractivity contribution < 1.29 is 4.79 Å². The van der Waals surface area contributed by atoms with Gasteiger partial charge < -0.3 is 4.79 Å². The molecule has 1 aromatic rings. The maximum absolute atomic E-state index is 11.2. The number of carbonyl (C=O) groups excluding carboxylic acids is 1. The van der Waals surface area contributed by atoms with Crippen LogP contribution in [0.3, 0.4) is 0 Å². The highest BCUT2D eigenvalue weighted by atomic mass is 16.1. The molecule has 1 nitrogen and oxygen atoms in total. The molecule has 0 saturated heterocycles. The van der Waals surface area contributed by atoms with Crippen molar-refractivity contribution in [1.29, 1.82) is 0 Å². The van der Waals surface area contributed by atoms with E-state index < -0.39 is 5.41 Å². The van der Waals surface area contributed by atoms with E-state index in [9.17, 15) is 4.79 Å². The maximum atomic E-state index is 11.2. The molecule has 1 rings (SSSR count). The van der Waals surface area contributed by atoms with Crippen molar-refractivity contribution in [3.8, 4) is 0 Å². The van der Waals surface area contributed by atoms with Crippen LogP contribution in [0, 0.1) is 5.41 Å². The molecule has 0 spiro atoms. The van der Waals surface area contributed by atoms with Crippen molar-refractivity contribution in [2.45, 2.75) is 26.7 Å². The van der Waals surface area contributed by atoms with Gasteiger partial charge in [0, 0.05) is 5.41 Å². The summed E-state index contributed by atoms with van der Waals surface area (Å²) in [4.78, 5) is 11.2. The highest BCUT2D eigenvalue weighted by Gasteiger charge is 2.26. The van der Waals surface area contributed by atoms with Crippen LogP contribution in [0.15, 0.2) is 36.9 Å². The molecule has 0 aliphatic carbocycles. The van der Waals surface area contributed by atoms with Crippen LogP contribution in [0.4, 0.5) is 0 Å². The maximum Gasteiger partial charge on any atom is 0.130 e. The second kappa shape index (κ2) is 4.92.